The normalized spacial score (nSPS) is 24.8. The van der Waals surface area contributed by atoms with E-state index in [0.717, 1.165) is 37.0 Å². The predicted molar refractivity (Wildman–Crippen MR) is 73.5 cm³/mol. The lowest BCUT2D eigenvalue weighted by Gasteiger charge is -2.38. The molecule has 2 heterocycles. The van der Waals surface area contributed by atoms with Gasteiger partial charge in [0.1, 0.15) is 6.61 Å². The smallest absolute Gasteiger partial charge is 0.162 e. The van der Waals surface area contributed by atoms with E-state index in [1.807, 2.05) is 6.07 Å². The summed E-state index contributed by atoms with van der Waals surface area (Å²) in [5.41, 5.74) is 6.88. The molecule has 2 rings (SSSR count). The zero-order valence-electron chi connectivity index (χ0n) is 12.0. The van der Waals surface area contributed by atoms with Crippen LogP contribution in [-0.4, -0.2) is 36.3 Å². The largest absolute Gasteiger partial charge is 0.377 e. The topological polar surface area (TPSA) is 64.5 Å². The average molecular weight is 267 g/mol. The lowest BCUT2D eigenvalue weighted by molar-refractivity contribution is 0.105. The van der Waals surface area contributed by atoms with Gasteiger partial charge in [-0.15, -0.1) is 0 Å². The Labute approximate surface area is 115 Å². The number of piperidine rings is 1. The summed E-state index contributed by atoms with van der Waals surface area (Å²) in [6.45, 7) is 5.39. The van der Waals surface area contributed by atoms with E-state index in [9.17, 15) is 0 Å². The second-order valence-electron chi connectivity index (χ2n) is 5.38. The van der Waals surface area contributed by atoms with Gasteiger partial charge in [0.25, 0.3) is 0 Å². The molecule has 0 saturated carbocycles. The molecule has 0 aliphatic carbocycles. The van der Waals surface area contributed by atoms with Crippen LogP contribution in [0.1, 0.15) is 37.6 Å². The first-order chi connectivity index (χ1) is 9.26. The van der Waals surface area contributed by atoms with E-state index in [4.69, 9.17) is 15.0 Å². The second kappa shape index (κ2) is 7.03. The number of hydrogen-bond acceptors (Lipinski definition) is 5. The minimum Gasteiger partial charge on any atom is -0.377 e. The number of rotatable bonds is 6. The highest BCUT2D eigenvalue weighted by atomic mass is 16.5. The van der Waals surface area contributed by atoms with Gasteiger partial charge < -0.3 is 15.0 Å². The van der Waals surface area contributed by atoms with Crippen LogP contribution in [0.15, 0.2) is 10.6 Å². The number of methoxy groups -OCH3 is 1. The highest BCUT2D eigenvalue weighted by Gasteiger charge is 2.27. The molecule has 1 fully saturated rings. The molecule has 5 heteroatoms. The van der Waals surface area contributed by atoms with Crippen molar-refractivity contribution in [3.8, 4) is 0 Å². The van der Waals surface area contributed by atoms with Crippen LogP contribution in [0.4, 0.5) is 0 Å². The van der Waals surface area contributed by atoms with Crippen molar-refractivity contribution in [3.05, 3.63) is 17.5 Å². The number of likely N-dealkylation sites (tertiary alicyclic amines) is 1. The molecule has 2 N–H and O–H groups in total. The van der Waals surface area contributed by atoms with E-state index in [0.29, 0.717) is 12.6 Å². The summed E-state index contributed by atoms with van der Waals surface area (Å²) in [6.07, 6.45) is 3.72. The molecule has 1 aromatic heterocycles. The fourth-order valence-corrected chi connectivity index (χ4v) is 2.86. The van der Waals surface area contributed by atoms with Crippen LogP contribution >= 0.6 is 0 Å². The first-order valence-electron chi connectivity index (χ1n) is 7.14. The van der Waals surface area contributed by atoms with Crippen molar-refractivity contribution in [2.75, 3.05) is 20.2 Å². The SMILES string of the molecule is CCC1CCN(Cc2cc(COC)on2)C(CN)C1. The Bertz CT molecular complexity index is 381. The van der Waals surface area contributed by atoms with Crippen molar-refractivity contribution in [1.82, 2.24) is 10.1 Å². The highest BCUT2D eigenvalue weighted by molar-refractivity contribution is 5.05. The second-order valence-corrected chi connectivity index (χ2v) is 5.38. The number of aromatic nitrogens is 1. The fraction of sp³-hybridized carbons (Fsp3) is 0.786. The maximum atomic E-state index is 5.91. The van der Waals surface area contributed by atoms with Crippen LogP contribution in [-0.2, 0) is 17.9 Å². The van der Waals surface area contributed by atoms with Gasteiger partial charge in [-0.3, -0.25) is 4.90 Å². The Kier molecular flexibility index (Phi) is 5.36. The molecule has 2 unspecified atom stereocenters. The van der Waals surface area contributed by atoms with Crippen molar-refractivity contribution >= 4 is 0 Å². The number of ether oxygens (including phenoxy) is 1. The fourth-order valence-electron chi connectivity index (χ4n) is 2.86. The number of nitrogens with two attached hydrogens (primary N) is 1. The molecule has 0 aromatic carbocycles. The van der Waals surface area contributed by atoms with Gasteiger partial charge in [-0.1, -0.05) is 18.5 Å². The Morgan fingerprint density at radius 3 is 3.11 bits per heavy atom. The van der Waals surface area contributed by atoms with E-state index >= 15 is 0 Å². The zero-order chi connectivity index (χ0) is 13.7. The molecule has 1 aromatic rings. The van der Waals surface area contributed by atoms with E-state index in [2.05, 4.69) is 17.0 Å². The summed E-state index contributed by atoms with van der Waals surface area (Å²) in [5, 5.41) is 4.10. The molecule has 0 amide bonds. The van der Waals surface area contributed by atoms with Gasteiger partial charge in [-0.25, -0.2) is 0 Å². The Balaban J connectivity index is 1.93. The predicted octanol–water partition coefficient (Wildman–Crippen LogP) is 1.77. The summed E-state index contributed by atoms with van der Waals surface area (Å²) in [5.74, 6) is 1.61. The molecule has 1 aliphatic heterocycles. The summed E-state index contributed by atoms with van der Waals surface area (Å²) in [4.78, 5) is 2.43. The van der Waals surface area contributed by atoms with Gasteiger partial charge in [0, 0.05) is 32.3 Å². The Morgan fingerprint density at radius 1 is 1.58 bits per heavy atom. The van der Waals surface area contributed by atoms with Gasteiger partial charge in [0.05, 0.1) is 5.69 Å². The lowest BCUT2D eigenvalue weighted by Crippen LogP contribution is -2.46. The Morgan fingerprint density at radius 2 is 2.42 bits per heavy atom. The molecule has 1 aliphatic rings. The van der Waals surface area contributed by atoms with Crippen molar-refractivity contribution in [1.29, 1.82) is 0 Å². The monoisotopic (exact) mass is 267 g/mol. The summed E-state index contributed by atoms with van der Waals surface area (Å²) in [6, 6.07) is 2.45. The van der Waals surface area contributed by atoms with E-state index in [-0.39, 0.29) is 0 Å². The van der Waals surface area contributed by atoms with Crippen LogP contribution in [0.5, 0.6) is 0 Å². The first-order valence-corrected chi connectivity index (χ1v) is 7.14. The molecule has 0 spiro atoms. The molecule has 0 bridgehead atoms. The van der Waals surface area contributed by atoms with Crippen molar-refractivity contribution < 1.29 is 9.26 Å². The van der Waals surface area contributed by atoms with Gasteiger partial charge in [-0.05, 0) is 25.3 Å². The maximum Gasteiger partial charge on any atom is 0.162 e. The van der Waals surface area contributed by atoms with Crippen LogP contribution in [0, 0.1) is 5.92 Å². The third-order valence-electron chi connectivity index (χ3n) is 4.06. The van der Waals surface area contributed by atoms with Gasteiger partial charge in [0.2, 0.25) is 0 Å². The van der Waals surface area contributed by atoms with Crippen LogP contribution in [0.3, 0.4) is 0 Å². The molecular weight excluding hydrogens is 242 g/mol. The quantitative estimate of drug-likeness (QED) is 0.851. The third-order valence-corrected chi connectivity index (χ3v) is 4.06. The van der Waals surface area contributed by atoms with E-state index < -0.39 is 0 Å². The molecule has 0 radical (unpaired) electrons. The minimum absolute atomic E-state index is 0.473. The third kappa shape index (κ3) is 3.78. The van der Waals surface area contributed by atoms with Crippen LogP contribution in [0.2, 0.25) is 0 Å². The number of nitrogens with zero attached hydrogens (tertiary/aromatic N) is 2. The maximum absolute atomic E-state index is 5.91. The van der Waals surface area contributed by atoms with Gasteiger partial charge in [0.15, 0.2) is 5.76 Å². The van der Waals surface area contributed by atoms with Crippen LogP contribution < -0.4 is 5.73 Å². The molecule has 2 atom stereocenters. The van der Waals surface area contributed by atoms with Crippen LogP contribution in [0.25, 0.3) is 0 Å². The molecule has 1 saturated heterocycles. The lowest BCUT2D eigenvalue weighted by atomic mass is 9.89. The zero-order valence-corrected chi connectivity index (χ0v) is 12.0. The standard InChI is InChI=1S/C14H25N3O2/c1-3-11-4-5-17(13(6-11)8-15)9-12-7-14(10-18-2)19-16-12/h7,11,13H,3-6,8-10,15H2,1-2H3. The van der Waals surface area contributed by atoms with Gasteiger partial charge in [-0.2, -0.15) is 0 Å². The summed E-state index contributed by atoms with van der Waals surface area (Å²) < 4.78 is 10.3. The summed E-state index contributed by atoms with van der Waals surface area (Å²) in [7, 11) is 1.65. The minimum atomic E-state index is 0.473. The molecule has 19 heavy (non-hydrogen) atoms. The average Bonchev–Trinajstić information content (AvgIpc) is 2.87. The Hall–Kier alpha value is -0.910. The highest BCUT2D eigenvalue weighted by Crippen LogP contribution is 2.26. The summed E-state index contributed by atoms with van der Waals surface area (Å²) >= 11 is 0. The number of hydrogen-bond donors (Lipinski definition) is 1. The molecular formula is C14H25N3O2. The van der Waals surface area contributed by atoms with E-state index in [1.54, 1.807) is 7.11 Å². The van der Waals surface area contributed by atoms with Crippen molar-refractivity contribution in [3.63, 3.8) is 0 Å². The van der Waals surface area contributed by atoms with E-state index in [1.165, 1.54) is 19.3 Å². The van der Waals surface area contributed by atoms with Crippen molar-refractivity contribution in [2.45, 2.75) is 45.4 Å². The molecule has 5 nitrogen and oxygen atoms in total. The van der Waals surface area contributed by atoms with Crippen molar-refractivity contribution in [2.24, 2.45) is 11.7 Å². The molecule has 108 valence electrons. The van der Waals surface area contributed by atoms with Gasteiger partial charge >= 0.3 is 0 Å². The first kappa shape index (κ1) is 14.5.